The molecule has 0 aliphatic rings. The maximum Gasteiger partial charge on any atom is 0.326 e. The van der Waals surface area contributed by atoms with Crippen molar-refractivity contribution in [3.8, 4) is 17.6 Å². The molecule has 0 bridgehead atoms. The van der Waals surface area contributed by atoms with Crippen LogP contribution in [-0.4, -0.2) is 17.7 Å². The Labute approximate surface area is 136 Å². The number of ether oxygens (including phenoxy) is 1. The Kier molecular flexibility index (Phi) is 5.22. The standard InChI is InChI=1S/C20H18O3/c1-3-14-23-18-11-7-10-17(15-18)20(2,19(21)22)13-12-16-8-5-4-6-9-16/h3-11,15H,1,14H2,2H3,(H,21,22). The molecule has 2 aromatic carbocycles. The van der Waals surface area contributed by atoms with Crippen LogP contribution < -0.4 is 4.74 Å². The smallest absolute Gasteiger partial charge is 0.326 e. The fourth-order valence-corrected chi connectivity index (χ4v) is 2.02. The molecule has 23 heavy (non-hydrogen) atoms. The van der Waals surface area contributed by atoms with Crippen molar-refractivity contribution in [2.45, 2.75) is 12.3 Å². The third kappa shape index (κ3) is 4.02. The van der Waals surface area contributed by atoms with Crippen LogP contribution in [0.15, 0.2) is 67.3 Å². The Morgan fingerprint density at radius 2 is 2.00 bits per heavy atom. The van der Waals surface area contributed by atoms with Gasteiger partial charge < -0.3 is 9.84 Å². The van der Waals surface area contributed by atoms with E-state index in [4.69, 9.17) is 4.74 Å². The lowest BCUT2D eigenvalue weighted by Gasteiger charge is -2.19. The van der Waals surface area contributed by atoms with E-state index in [-0.39, 0.29) is 0 Å². The van der Waals surface area contributed by atoms with E-state index in [0.717, 1.165) is 5.56 Å². The third-order valence-electron chi connectivity index (χ3n) is 3.44. The highest BCUT2D eigenvalue weighted by Gasteiger charge is 2.33. The summed E-state index contributed by atoms with van der Waals surface area (Å²) in [6.45, 7) is 5.56. The number of carboxylic acid groups (broad SMARTS) is 1. The first-order valence-corrected chi connectivity index (χ1v) is 7.22. The summed E-state index contributed by atoms with van der Waals surface area (Å²) in [6, 6.07) is 16.3. The van der Waals surface area contributed by atoms with E-state index in [0.29, 0.717) is 17.9 Å². The largest absolute Gasteiger partial charge is 0.490 e. The molecule has 0 heterocycles. The van der Waals surface area contributed by atoms with Crippen LogP contribution in [0.4, 0.5) is 0 Å². The zero-order valence-electron chi connectivity index (χ0n) is 13.0. The van der Waals surface area contributed by atoms with Crippen molar-refractivity contribution in [3.05, 3.63) is 78.4 Å². The Morgan fingerprint density at radius 1 is 1.26 bits per heavy atom. The van der Waals surface area contributed by atoms with E-state index in [2.05, 4.69) is 18.4 Å². The maximum absolute atomic E-state index is 11.8. The molecule has 0 radical (unpaired) electrons. The van der Waals surface area contributed by atoms with Gasteiger partial charge in [-0.05, 0) is 36.8 Å². The number of hydrogen-bond acceptors (Lipinski definition) is 2. The molecule has 0 fully saturated rings. The van der Waals surface area contributed by atoms with E-state index in [1.54, 1.807) is 37.3 Å². The summed E-state index contributed by atoms with van der Waals surface area (Å²) in [4.78, 5) is 11.8. The van der Waals surface area contributed by atoms with Crippen molar-refractivity contribution >= 4 is 5.97 Å². The minimum absolute atomic E-state index is 0.364. The fourth-order valence-electron chi connectivity index (χ4n) is 2.02. The minimum Gasteiger partial charge on any atom is -0.490 e. The molecular weight excluding hydrogens is 288 g/mol. The van der Waals surface area contributed by atoms with Gasteiger partial charge >= 0.3 is 5.97 Å². The molecule has 3 heteroatoms. The number of carbonyl (C=O) groups is 1. The minimum atomic E-state index is -1.32. The summed E-state index contributed by atoms with van der Waals surface area (Å²) in [5.41, 5.74) is 0.0395. The van der Waals surface area contributed by atoms with Gasteiger partial charge in [-0.3, -0.25) is 4.79 Å². The van der Waals surface area contributed by atoms with Crippen LogP contribution in [0.25, 0.3) is 0 Å². The van der Waals surface area contributed by atoms with E-state index >= 15 is 0 Å². The first-order valence-electron chi connectivity index (χ1n) is 7.22. The van der Waals surface area contributed by atoms with Crippen molar-refractivity contribution in [1.82, 2.24) is 0 Å². The average molecular weight is 306 g/mol. The maximum atomic E-state index is 11.8. The molecule has 0 amide bonds. The van der Waals surface area contributed by atoms with Crippen LogP contribution in [0.2, 0.25) is 0 Å². The lowest BCUT2D eigenvalue weighted by atomic mass is 9.83. The number of rotatable bonds is 5. The van der Waals surface area contributed by atoms with Crippen molar-refractivity contribution in [2.75, 3.05) is 6.61 Å². The quantitative estimate of drug-likeness (QED) is 0.677. The molecule has 3 nitrogen and oxygen atoms in total. The van der Waals surface area contributed by atoms with Crippen molar-refractivity contribution in [1.29, 1.82) is 0 Å². The Morgan fingerprint density at radius 3 is 2.65 bits per heavy atom. The van der Waals surface area contributed by atoms with Gasteiger partial charge in [-0.15, -0.1) is 0 Å². The lowest BCUT2D eigenvalue weighted by Crippen LogP contribution is -2.30. The second-order valence-corrected chi connectivity index (χ2v) is 5.17. The highest BCUT2D eigenvalue weighted by molar-refractivity contribution is 5.85. The molecule has 0 aliphatic carbocycles. The Bertz CT molecular complexity index is 753. The monoisotopic (exact) mass is 306 g/mol. The van der Waals surface area contributed by atoms with E-state index in [1.165, 1.54) is 0 Å². The second-order valence-electron chi connectivity index (χ2n) is 5.17. The topological polar surface area (TPSA) is 46.5 Å². The molecule has 0 saturated heterocycles. The van der Waals surface area contributed by atoms with Gasteiger partial charge in [0, 0.05) is 5.56 Å². The van der Waals surface area contributed by atoms with Gasteiger partial charge in [0.15, 0.2) is 5.41 Å². The van der Waals surface area contributed by atoms with Gasteiger partial charge in [-0.25, -0.2) is 0 Å². The van der Waals surface area contributed by atoms with Crippen LogP contribution in [0, 0.1) is 11.8 Å². The second kappa shape index (κ2) is 7.33. The fraction of sp³-hybridized carbons (Fsp3) is 0.150. The van der Waals surface area contributed by atoms with Crippen LogP contribution >= 0.6 is 0 Å². The molecule has 1 N–H and O–H groups in total. The van der Waals surface area contributed by atoms with Crippen molar-refractivity contribution < 1.29 is 14.6 Å². The highest BCUT2D eigenvalue weighted by atomic mass is 16.5. The average Bonchev–Trinajstić information content (AvgIpc) is 2.59. The lowest BCUT2D eigenvalue weighted by molar-refractivity contribution is -0.140. The summed E-state index contributed by atoms with van der Waals surface area (Å²) in [7, 11) is 0. The van der Waals surface area contributed by atoms with Gasteiger partial charge in [-0.2, -0.15) is 0 Å². The van der Waals surface area contributed by atoms with Crippen molar-refractivity contribution in [2.24, 2.45) is 0 Å². The summed E-state index contributed by atoms with van der Waals surface area (Å²) >= 11 is 0. The summed E-state index contributed by atoms with van der Waals surface area (Å²) < 4.78 is 5.47. The Balaban J connectivity index is 2.39. The first-order chi connectivity index (χ1) is 11.1. The summed E-state index contributed by atoms with van der Waals surface area (Å²) in [5.74, 6) is 5.42. The zero-order valence-corrected chi connectivity index (χ0v) is 13.0. The SMILES string of the molecule is C=CCOc1cccc(C(C)(C#Cc2ccccc2)C(=O)O)c1. The molecule has 2 rings (SSSR count). The van der Waals surface area contributed by atoms with Crippen LogP contribution in [0.3, 0.4) is 0 Å². The summed E-state index contributed by atoms with van der Waals surface area (Å²) in [6.07, 6.45) is 1.64. The molecule has 0 spiro atoms. The Hall–Kier alpha value is -2.99. The normalized spacial score (nSPS) is 12.4. The molecule has 116 valence electrons. The molecular formula is C20H18O3. The highest BCUT2D eigenvalue weighted by Crippen LogP contribution is 2.27. The summed E-state index contributed by atoms with van der Waals surface area (Å²) in [5, 5.41) is 9.67. The number of aliphatic carboxylic acids is 1. The molecule has 1 atom stereocenters. The van der Waals surface area contributed by atoms with E-state index < -0.39 is 11.4 Å². The third-order valence-corrected chi connectivity index (χ3v) is 3.44. The van der Waals surface area contributed by atoms with Gasteiger partial charge in [0.1, 0.15) is 12.4 Å². The zero-order chi connectivity index (χ0) is 16.7. The predicted octanol–water partition coefficient (Wildman–Crippen LogP) is 3.65. The number of hydrogen-bond donors (Lipinski definition) is 1. The van der Waals surface area contributed by atoms with Crippen molar-refractivity contribution in [3.63, 3.8) is 0 Å². The predicted molar refractivity (Wildman–Crippen MR) is 90.4 cm³/mol. The van der Waals surface area contributed by atoms with E-state index in [1.807, 2.05) is 30.3 Å². The number of benzene rings is 2. The number of carboxylic acids is 1. The van der Waals surface area contributed by atoms with Gasteiger partial charge in [-0.1, -0.05) is 54.8 Å². The van der Waals surface area contributed by atoms with Crippen LogP contribution in [0.5, 0.6) is 5.75 Å². The molecule has 0 saturated carbocycles. The molecule has 1 unspecified atom stereocenters. The molecule has 0 aliphatic heterocycles. The molecule has 0 aromatic heterocycles. The van der Waals surface area contributed by atoms with Gasteiger partial charge in [0.2, 0.25) is 0 Å². The van der Waals surface area contributed by atoms with E-state index in [9.17, 15) is 9.90 Å². The molecule has 2 aromatic rings. The van der Waals surface area contributed by atoms with Gasteiger partial charge in [0.05, 0.1) is 0 Å². The first kappa shape index (κ1) is 16.4. The van der Waals surface area contributed by atoms with Gasteiger partial charge in [0.25, 0.3) is 0 Å². The van der Waals surface area contributed by atoms with Crippen LogP contribution in [-0.2, 0) is 10.2 Å². The van der Waals surface area contributed by atoms with Crippen LogP contribution in [0.1, 0.15) is 18.1 Å².